The molecule has 0 atom stereocenters. The third kappa shape index (κ3) is 2.36. The molecule has 0 bridgehead atoms. The Morgan fingerprint density at radius 1 is 0.950 bits per heavy atom. The van der Waals surface area contributed by atoms with Gasteiger partial charge in [0.1, 0.15) is 17.4 Å². The monoisotopic (exact) mass is 272 g/mol. The number of rotatable bonds is 3. The minimum Gasteiger partial charge on any atom is -0.299 e. The summed E-state index contributed by atoms with van der Waals surface area (Å²) >= 11 is 0. The lowest BCUT2D eigenvalue weighted by molar-refractivity contribution is -0.122. The summed E-state index contributed by atoms with van der Waals surface area (Å²) in [4.78, 5) is 12.3. The summed E-state index contributed by atoms with van der Waals surface area (Å²) < 4.78 is 27.1. The molecule has 0 aromatic heterocycles. The number of halogens is 2. The smallest absolute Gasteiger partial charge is 0.141 e. The van der Waals surface area contributed by atoms with Gasteiger partial charge in [-0.25, -0.2) is 8.78 Å². The molecule has 0 saturated carbocycles. The fourth-order valence-electron chi connectivity index (χ4n) is 2.81. The lowest BCUT2D eigenvalue weighted by atomic mass is 9.95. The molecule has 0 N–H and O–H groups in total. The molecule has 102 valence electrons. The van der Waals surface area contributed by atoms with Gasteiger partial charge >= 0.3 is 0 Å². The van der Waals surface area contributed by atoms with Crippen LogP contribution in [0.3, 0.4) is 0 Å². The van der Waals surface area contributed by atoms with Crippen LogP contribution in [0.1, 0.15) is 16.7 Å². The molecular formula is C17H14F2O. The number of hydrogen-bond acceptors (Lipinski definition) is 1. The van der Waals surface area contributed by atoms with Crippen molar-refractivity contribution in [2.45, 2.75) is 19.3 Å². The highest BCUT2D eigenvalue weighted by atomic mass is 19.1. The van der Waals surface area contributed by atoms with Crippen LogP contribution in [0.15, 0.2) is 42.5 Å². The largest absolute Gasteiger partial charge is 0.299 e. The van der Waals surface area contributed by atoms with Crippen molar-refractivity contribution in [1.29, 1.82) is 0 Å². The molecule has 0 unspecified atom stereocenters. The van der Waals surface area contributed by atoms with Crippen LogP contribution < -0.4 is 0 Å². The first-order chi connectivity index (χ1) is 9.65. The van der Waals surface area contributed by atoms with E-state index in [0.29, 0.717) is 12.8 Å². The number of carbonyl (C=O) groups is 1. The molecule has 20 heavy (non-hydrogen) atoms. The zero-order valence-corrected chi connectivity index (χ0v) is 10.9. The second-order valence-electron chi connectivity index (χ2n) is 5.22. The van der Waals surface area contributed by atoms with Crippen LogP contribution in [0.4, 0.5) is 8.78 Å². The molecule has 0 heterocycles. The van der Waals surface area contributed by atoms with Gasteiger partial charge in [-0.2, -0.15) is 0 Å². The zero-order valence-electron chi connectivity index (χ0n) is 10.9. The molecule has 0 fully saturated rings. The van der Waals surface area contributed by atoms with Crippen molar-refractivity contribution in [2.75, 3.05) is 0 Å². The quantitative estimate of drug-likeness (QED) is 0.836. The van der Waals surface area contributed by atoms with E-state index in [1.807, 2.05) is 24.3 Å². The van der Waals surface area contributed by atoms with Crippen LogP contribution in [-0.4, -0.2) is 5.78 Å². The Kier molecular flexibility index (Phi) is 3.35. The summed E-state index contributed by atoms with van der Waals surface area (Å²) in [5.74, 6) is -1.54. The third-order valence-corrected chi connectivity index (χ3v) is 3.92. The number of hydrogen-bond donors (Lipinski definition) is 0. The summed E-state index contributed by atoms with van der Waals surface area (Å²) in [5, 5.41) is 0. The number of ketones is 1. The van der Waals surface area contributed by atoms with Crippen molar-refractivity contribution in [3.05, 3.63) is 70.8 Å². The van der Waals surface area contributed by atoms with Gasteiger partial charge in [0.25, 0.3) is 0 Å². The second-order valence-corrected chi connectivity index (χ2v) is 5.22. The van der Waals surface area contributed by atoms with Gasteiger partial charge in [0.15, 0.2) is 0 Å². The van der Waals surface area contributed by atoms with E-state index in [2.05, 4.69) is 0 Å². The first-order valence-corrected chi connectivity index (χ1v) is 6.67. The number of carbonyl (C=O) groups excluding carboxylic acids is 1. The van der Waals surface area contributed by atoms with E-state index in [1.165, 1.54) is 29.3 Å². The second kappa shape index (κ2) is 5.16. The molecular weight excluding hydrogens is 258 g/mol. The van der Waals surface area contributed by atoms with E-state index >= 15 is 0 Å². The molecule has 1 aliphatic carbocycles. The summed E-state index contributed by atoms with van der Waals surface area (Å²) in [6.07, 6.45) is 1.17. The fourth-order valence-corrected chi connectivity index (χ4v) is 2.81. The normalized spacial score (nSPS) is 14.3. The van der Waals surface area contributed by atoms with Gasteiger partial charge in [-0.1, -0.05) is 30.3 Å². The van der Waals surface area contributed by atoms with Crippen LogP contribution in [0.2, 0.25) is 0 Å². The number of benzene rings is 2. The predicted octanol–water partition coefficient (Wildman–Crippen LogP) is 3.49. The Hall–Kier alpha value is -2.03. The maximum absolute atomic E-state index is 13.6. The summed E-state index contributed by atoms with van der Waals surface area (Å²) in [5.41, 5.74) is 2.22. The van der Waals surface area contributed by atoms with E-state index < -0.39 is 11.6 Å². The van der Waals surface area contributed by atoms with Crippen molar-refractivity contribution >= 4 is 5.78 Å². The Balaban J connectivity index is 1.76. The third-order valence-electron chi connectivity index (χ3n) is 3.92. The number of Topliss-reactive ketones (excluding diaryl/α,β-unsaturated/α-hetero) is 1. The lowest BCUT2D eigenvalue weighted by Gasteiger charge is -2.09. The Morgan fingerprint density at radius 2 is 1.50 bits per heavy atom. The van der Waals surface area contributed by atoms with Crippen LogP contribution in [-0.2, 0) is 24.1 Å². The Bertz CT molecular complexity index is 619. The van der Waals surface area contributed by atoms with E-state index in [0.717, 1.165) is 0 Å². The van der Waals surface area contributed by atoms with Crippen LogP contribution in [0.5, 0.6) is 0 Å². The van der Waals surface area contributed by atoms with Crippen molar-refractivity contribution in [3.8, 4) is 0 Å². The Morgan fingerprint density at radius 3 is 2.05 bits per heavy atom. The fraction of sp³-hybridized carbons (Fsp3) is 0.235. The van der Waals surface area contributed by atoms with Gasteiger partial charge in [-0.15, -0.1) is 0 Å². The lowest BCUT2D eigenvalue weighted by Crippen LogP contribution is -2.18. The first-order valence-electron chi connectivity index (χ1n) is 6.67. The highest BCUT2D eigenvalue weighted by molar-refractivity contribution is 5.84. The van der Waals surface area contributed by atoms with Gasteiger partial charge in [0.2, 0.25) is 0 Å². The summed E-state index contributed by atoms with van der Waals surface area (Å²) in [6.45, 7) is 0. The van der Waals surface area contributed by atoms with E-state index in [-0.39, 0.29) is 23.7 Å². The highest BCUT2D eigenvalue weighted by Gasteiger charge is 2.28. The van der Waals surface area contributed by atoms with Crippen molar-refractivity contribution in [2.24, 2.45) is 5.92 Å². The molecule has 1 aliphatic rings. The number of fused-ring (bicyclic) bond motifs is 1. The average Bonchev–Trinajstić information content (AvgIpc) is 2.87. The molecule has 0 amide bonds. The SMILES string of the molecule is O=C(Cc1c(F)cccc1F)C1Cc2ccccc2C1. The molecule has 2 aromatic carbocycles. The molecule has 3 rings (SSSR count). The van der Waals surface area contributed by atoms with E-state index in [9.17, 15) is 13.6 Å². The minimum atomic E-state index is -0.645. The van der Waals surface area contributed by atoms with Gasteiger partial charge in [0.05, 0.1) is 0 Å². The van der Waals surface area contributed by atoms with Crippen molar-refractivity contribution in [3.63, 3.8) is 0 Å². The van der Waals surface area contributed by atoms with Gasteiger partial charge in [-0.05, 0) is 36.1 Å². The molecule has 0 spiro atoms. The van der Waals surface area contributed by atoms with Crippen LogP contribution >= 0.6 is 0 Å². The summed E-state index contributed by atoms with van der Waals surface area (Å²) in [7, 11) is 0. The average molecular weight is 272 g/mol. The zero-order chi connectivity index (χ0) is 14.1. The first kappa shape index (κ1) is 13.0. The van der Waals surface area contributed by atoms with Gasteiger partial charge < -0.3 is 0 Å². The van der Waals surface area contributed by atoms with Gasteiger partial charge in [-0.3, -0.25) is 4.79 Å². The highest BCUT2D eigenvalue weighted by Crippen LogP contribution is 2.28. The van der Waals surface area contributed by atoms with E-state index in [1.54, 1.807) is 0 Å². The van der Waals surface area contributed by atoms with Crippen LogP contribution in [0.25, 0.3) is 0 Å². The van der Waals surface area contributed by atoms with Crippen LogP contribution in [0, 0.1) is 17.6 Å². The molecule has 3 heteroatoms. The Labute approximate surface area is 116 Å². The van der Waals surface area contributed by atoms with Crippen molar-refractivity contribution < 1.29 is 13.6 Å². The molecule has 1 nitrogen and oxygen atoms in total. The molecule has 0 saturated heterocycles. The minimum absolute atomic E-state index is 0.0924. The maximum Gasteiger partial charge on any atom is 0.141 e. The predicted molar refractivity (Wildman–Crippen MR) is 72.4 cm³/mol. The molecule has 0 radical (unpaired) electrons. The summed E-state index contributed by atoms with van der Waals surface area (Å²) in [6, 6.07) is 11.6. The maximum atomic E-state index is 13.6. The topological polar surface area (TPSA) is 17.1 Å². The van der Waals surface area contributed by atoms with Gasteiger partial charge in [0, 0.05) is 17.9 Å². The standard InChI is InChI=1S/C17H14F2O/c18-15-6-3-7-16(19)14(15)10-17(20)13-8-11-4-1-2-5-12(11)9-13/h1-7,13H,8-10H2. The molecule has 2 aromatic rings. The van der Waals surface area contributed by atoms with E-state index in [4.69, 9.17) is 0 Å². The molecule has 0 aliphatic heterocycles. The van der Waals surface area contributed by atoms with Crippen molar-refractivity contribution in [1.82, 2.24) is 0 Å².